The number of aliphatic imine (C=N–C) groups is 1. The van der Waals surface area contributed by atoms with E-state index in [2.05, 4.69) is 51.4 Å². The quantitative estimate of drug-likeness (QED) is 0.617. The molecule has 0 radical (unpaired) electrons. The van der Waals surface area contributed by atoms with Crippen molar-refractivity contribution >= 4 is 17.3 Å². The molecular formula is C18H28N6OS. The van der Waals surface area contributed by atoms with Gasteiger partial charge in [-0.2, -0.15) is 0 Å². The average Bonchev–Trinajstić information content (AvgIpc) is 3.31. The maximum atomic E-state index is 4.92. The van der Waals surface area contributed by atoms with Crippen molar-refractivity contribution in [1.82, 2.24) is 25.3 Å². The minimum atomic E-state index is 0.476. The molecule has 1 fully saturated rings. The van der Waals surface area contributed by atoms with Crippen LogP contribution in [0, 0.1) is 0 Å². The molecule has 142 valence electrons. The monoisotopic (exact) mass is 376 g/mol. The standard InChI is InChI=1S/C18H28N6OS/c1-4-19-18(20-11-16-13-26-17(21-16)14(2)3)24-8-6-23(7-9-24)12-15-5-10-25-22-15/h5,10,13-14H,4,6-9,11-12H2,1-3H3,(H,19,20). The molecule has 2 aromatic rings. The Morgan fingerprint density at radius 1 is 1.31 bits per heavy atom. The fourth-order valence-corrected chi connectivity index (χ4v) is 3.73. The van der Waals surface area contributed by atoms with E-state index in [1.165, 1.54) is 5.01 Å². The summed E-state index contributed by atoms with van der Waals surface area (Å²) in [5, 5.41) is 10.7. The van der Waals surface area contributed by atoms with Crippen LogP contribution in [0.15, 0.2) is 27.2 Å². The molecule has 8 heteroatoms. The van der Waals surface area contributed by atoms with E-state index in [1.54, 1.807) is 17.6 Å². The van der Waals surface area contributed by atoms with Gasteiger partial charge in [0, 0.05) is 56.6 Å². The molecule has 0 atom stereocenters. The molecule has 0 amide bonds. The third-order valence-electron chi connectivity index (χ3n) is 4.34. The summed E-state index contributed by atoms with van der Waals surface area (Å²) in [6.45, 7) is 12.7. The van der Waals surface area contributed by atoms with Crippen molar-refractivity contribution in [3.8, 4) is 0 Å². The second kappa shape index (κ2) is 9.14. The van der Waals surface area contributed by atoms with Gasteiger partial charge in [0.1, 0.15) is 6.26 Å². The molecule has 1 saturated heterocycles. The lowest BCUT2D eigenvalue weighted by Crippen LogP contribution is -2.52. The summed E-state index contributed by atoms with van der Waals surface area (Å²) in [5.74, 6) is 1.46. The Hall–Kier alpha value is -1.93. The number of thiazole rings is 1. The van der Waals surface area contributed by atoms with Crippen molar-refractivity contribution in [2.24, 2.45) is 4.99 Å². The number of nitrogens with one attached hydrogen (secondary N) is 1. The third kappa shape index (κ3) is 5.04. The number of hydrogen-bond donors (Lipinski definition) is 1. The van der Waals surface area contributed by atoms with Gasteiger partial charge in [-0.1, -0.05) is 19.0 Å². The zero-order valence-corrected chi connectivity index (χ0v) is 16.6. The van der Waals surface area contributed by atoms with Crippen LogP contribution < -0.4 is 5.32 Å². The summed E-state index contributed by atoms with van der Waals surface area (Å²) in [5.41, 5.74) is 2.04. The largest absolute Gasteiger partial charge is 0.364 e. The average molecular weight is 377 g/mol. The van der Waals surface area contributed by atoms with Gasteiger partial charge in [-0.15, -0.1) is 11.3 Å². The van der Waals surface area contributed by atoms with Gasteiger partial charge in [-0.25, -0.2) is 9.98 Å². The van der Waals surface area contributed by atoms with Crippen molar-refractivity contribution in [3.05, 3.63) is 34.1 Å². The Morgan fingerprint density at radius 3 is 2.73 bits per heavy atom. The lowest BCUT2D eigenvalue weighted by molar-refractivity contribution is 0.169. The molecule has 1 aliphatic heterocycles. The van der Waals surface area contributed by atoms with E-state index in [-0.39, 0.29) is 0 Å². The molecule has 2 aromatic heterocycles. The van der Waals surface area contributed by atoms with Gasteiger partial charge in [-0.05, 0) is 6.92 Å². The molecule has 0 unspecified atom stereocenters. The van der Waals surface area contributed by atoms with E-state index in [4.69, 9.17) is 9.52 Å². The highest BCUT2D eigenvalue weighted by Crippen LogP contribution is 2.19. The minimum Gasteiger partial charge on any atom is -0.364 e. The van der Waals surface area contributed by atoms with Gasteiger partial charge in [0.05, 0.1) is 22.9 Å². The van der Waals surface area contributed by atoms with Crippen molar-refractivity contribution in [1.29, 1.82) is 0 Å². The van der Waals surface area contributed by atoms with E-state index in [0.29, 0.717) is 12.5 Å². The Morgan fingerprint density at radius 2 is 2.12 bits per heavy atom. The van der Waals surface area contributed by atoms with E-state index in [0.717, 1.165) is 56.6 Å². The molecule has 0 aliphatic carbocycles. The molecular weight excluding hydrogens is 348 g/mol. The molecule has 3 rings (SSSR count). The van der Waals surface area contributed by atoms with Crippen LogP contribution in [0.4, 0.5) is 0 Å². The Balaban J connectivity index is 1.55. The highest BCUT2D eigenvalue weighted by molar-refractivity contribution is 7.09. The normalized spacial score (nSPS) is 16.5. The fraction of sp³-hybridized carbons (Fsp3) is 0.611. The van der Waals surface area contributed by atoms with Crippen molar-refractivity contribution in [3.63, 3.8) is 0 Å². The SMILES string of the molecule is CCNC(=NCc1csc(C(C)C)n1)N1CCN(Cc2ccon2)CC1. The van der Waals surface area contributed by atoms with Crippen LogP contribution in [0.25, 0.3) is 0 Å². The van der Waals surface area contributed by atoms with Gasteiger partial charge in [0.25, 0.3) is 0 Å². The Labute approximate surface area is 159 Å². The first-order chi connectivity index (χ1) is 12.7. The first-order valence-corrected chi connectivity index (χ1v) is 10.1. The molecule has 0 spiro atoms. The summed E-state index contributed by atoms with van der Waals surface area (Å²) in [4.78, 5) is 14.2. The summed E-state index contributed by atoms with van der Waals surface area (Å²) in [6.07, 6.45) is 1.63. The molecule has 0 saturated carbocycles. The van der Waals surface area contributed by atoms with Crippen LogP contribution in [0.5, 0.6) is 0 Å². The summed E-state index contributed by atoms with van der Waals surface area (Å²) in [6, 6.07) is 1.93. The highest BCUT2D eigenvalue weighted by Gasteiger charge is 2.20. The van der Waals surface area contributed by atoms with E-state index in [9.17, 15) is 0 Å². The predicted octanol–water partition coefficient (Wildman–Crippen LogP) is 2.54. The van der Waals surface area contributed by atoms with Gasteiger partial charge in [0.15, 0.2) is 5.96 Å². The van der Waals surface area contributed by atoms with Crippen LogP contribution >= 0.6 is 11.3 Å². The third-order valence-corrected chi connectivity index (χ3v) is 5.53. The highest BCUT2D eigenvalue weighted by atomic mass is 32.1. The molecule has 0 bridgehead atoms. The zero-order valence-electron chi connectivity index (χ0n) is 15.8. The maximum Gasteiger partial charge on any atom is 0.194 e. The zero-order chi connectivity index (χ0) is 18.4. The lowest BCUT2D eigenvalue weighted by atomic mass is 10.2. The smallest absolute Gasteiger partial charge is 0.194 e. The number of aromatic nitrogens is 2. The molecule has 7 nitrogen and oxygen atoms in total. The van der Waals surface area contributed by atoms with E-state index in [1.807, 2.05) is 6.07 Å². The number of hydrogen-bond acceptors (Lipinski definition) is 6. The van der Waals surface area contributed by atoms with Crippen molar-refractivity contribution < 1.29 is 4.52 Å². The second-order valence-corrected chi connectivity index (χ2v) is 7.65. The van der Waals surface area contributed by atoms with E-state index < -0.39 is 0 Å². The first kappa shape index (κ1) is 18.8. The van der Waals surface area contributed by atoms with Gasteiger partial charge in [-0.3, -0.25) is 4.90 Å². The van der Waals surface area contributed by atoms with Crippen LogP contribution in [0.1, 0.15) is 43.1 Å². The fourth-order valence-electron chi connectivity index (χ4n) is 2.91. The maximum absolute atomic E-state index is 4.92. The number of rotatable bonds is 6. The summed E-state index contributed by atoms with van der Waals surface area (Å²) >= 11 is 1.73. The molecule has 3 heterocycles. The van der Waals surface area contributed by atoms with Crippen LogP contribution in [0.3, 0.4) is 0 Å². The molecule has 1 N–H and O–H groups in total. The van der Waals surface area contributed by atoms with Gasteiger partial charge < -0.3 is 14.7 Å². The van der Waals surface area contributed by atoms with Crippen molar-refractivity contribution in [2.75, 3.05) is 32.7 Å². The van der Waals surface area contributed by atoms with Gasteiger partial charge >= 0.3 is 0 Å². The lowest BCUT2D eigenvalue weighted by Gasteiger charge is -2.36. The minimum absolute atomic E-state index is 0.476. The summed E-state index contributed by atoms with van der Waals surface area (Å²) in [7, 11) is 0. The Kier molecular flexibility index (Phi) is 6.62. The van der Waals surface area contributed by atoms with Crippen LogP contribution in [-0.2, 0) is 13.1 Å². The number of nitrogens with zero attached hydrogens (tertiary/aromatic N) is 5. The predicted molar refractivity (Wildman–Crippen MR) is 104 cm³/mol. The van der Waals surface area contributed by atoms with Crippen molar-refractivity contribution in [2.45, 2.75) is 39.8 Å². The van der Waals surface area contributed by atoms with Crippen LogP contribution in [0.2, 0.25) is 0 Å². The Bertz CT molecular complexity index is 688. The van der Waals surface area contributed by atoms with Crippen LogP contribution in [-0.4, -0.2) is 58.6 Å². The number of guanidine groups is 1. The number of piperazine rings is 1. The van der Waals surface area contributed by atoms with Gasteiger partial charge in [0.2, 0.25) is 0 Å². The molecule has 0 aromatic carbocycles. The first-order valence-electron chi connectivity index (χ1n) is 9.25. The topological polar surface area (TPSA) is 69.8 Å². The molecule has 26 heavy (non-hydrogen) atoms. The van der Waals surface area contributed by atoms with E-state index >= 15 is 0 Å². The molecule has 1 aliphatic rings. The summed E-state index contributed by atoms with van der Waals surface area (Å²) < 4.78 is 4.92. The second-order valence-electron chi connectivity index (χ2n) is 6.76.